The van der Waals surface area contributed by atoms with E-state index in [0.717, 1.165) is 0 Å². The van der Waals surface area contributed by atoms with Gasteiger partial charge in [0.25, 0.3) is 0 Å². The van der Waals surface area contributed by atoms with Gasteiger partial charge in [-0.1, -0.05) is 0 Å². The Morgan fingerprint density at radius 2 is 1.28 bits per heavy atom. The van der Waals surface area contributed by atoms with Gasteiger partial charge < -0.3 is 0 Å². The SMILES string of the molecule is CCC[CH2][Sb]([I])([c]1ccccc1)[c]1ccccc1. The Bertz CT molecular complexity index is 427. The predicted molar refractivity (Wildman–Crippen MR) is 91.6 cm³/mol. The second kappa shape index (κ2) is 6.95. The molecular weight excluding hydrogens is 441 g/mol. The molecule has 0 fully saturated rings. The quantitative estimate of drug-likeness (QED) is 0.468. The van der Waals surface area contributed by atoms with Crippen LogP contribution in [0.5, 0.6) is 0 Å². The van der Waals surface area contributed by atoms with Crippen LogP contribution in [0, 0.1) is 0 Å². The van der Waals surface area contributed by atoms with E-state index in [4.69, 9.17) is 0 Å². The third kappa shape index (κ3) is 3.30. The Morgan fingerprint density at radius 3 is 1.67 bits per heavy atom. The zero-order valence-electron chi connectivity index (χ0n) is 10.7. The second-order valence-corrected chi connectivity index (χ2v) is 23.8. The maximum absolute atomic E-state index is 2.83. The van der Waals surface area contributed by atoms with Crippen LogP contribution >= 0.6 is 18.5 Å². The molecule has 0 aliphatic heterocycles. The molecule has 18 heavy (non-hydrogen) atoms. The average Bonchev–Trinajstić information content (AvgIpc) is 2.46. The molecule has 0 spiro atoms. The van der Waals surface area contributed by atoms with Crippen LogP contribution in [-0.4, -0.2) is 14.8 Å². The summed E-state index contributed by atoms with van der Waals surface area (Å²) in [6.45, 7) is 2.29. The van der Waals surface area contributed by atoms with E-state index in [9.17, 15) is 0 Å². The van der Waals surface area contributed by atoms with Gasteiger partial charge >= 0.3 is 125 Å². The normalized spacial score (nSPS) is 11.4. The summed E-state index contributed by atoms with van der Waals surface area (Å²) in [5.74, 6) is 0. The Labute approximate surface area is 124 Å². The van der Waals surface area contributed by atoms with Crippen LogP contribution in [-0.2, 0) is 0 Å². The van der Waals surface area contributed by atoms with Crippen LogP contribution in [0.3, 0.4) is 0 Å². The van der Waals surface area contributed by atoms with E-state index >= 15 is 0 Å². The first kappa shape index (κ1) is 14.4. The van der Waals surface area contributed by atoms with Gasteiger partial charge in [0.15, 0.2) is 0 Å². The molecule has 0 amide bonds. The Kier molecular flexibility index (Phi) is 5.56. The third-order valence-electron chi connectivity index (χ3n) is 3.15. The van der Waals surface area contributed by atoms with Crippen molar-refractivity contribution in [3.05, 3.63) is 60.7 Å². The summed E-state index contributed by atoms with van der Waals surface area (Å²) in [6, 6.07) is 22.3. The van der Waals surface area contributed by atoms with E-state index in [1.807, 2.05) is 0 Å². The molecule has 0 aliphatic carbocycles. The summed E-state index contributed by atoms with van der Waals surface area (Å²) in [7, 11) is 0. The first-order chi connectivity index (χ1) is 8.77. The molecule has 2 heteroatoms. The molecule has 1 radical (unpaired) electrons. The molecular formula is C16H19ISb. The molecule has 0 unspecified atom stereocenters. The van der Waals surface area contributed by atoms with Gasteiger partial charge in [0.1, 0.15) is 0 Å². The van der Waals surface area contributed by atoms with Crippen molar-refractivity contribution >= 4 is 40.3 Å². The summed E-state index contributed by atoms with van der Waals surface area (Å²) in [5.41, 5.74) is 0. The minimum atomic E-state index is -2.28. The Hall–Kier alpha value is -0.0118. The number of benzene rings is 2. The maximum atomic E-state index is 2.83. The minimum absolute atomic E-state index is 1.29. The first-order valence-corrected chi connectivity index (χ1v) is 18.3. The van der Waals surface area contributed by atoms with Gasteiger partial charge in [-0.3, -0.25) is 0 Å². The van der Waals surface area contributed by atoms with Crippen LogP contribution in [0.15, 0.2) is 60.7 Å². The Morgan fingerprint density at radius 1 is 0.833 bits per heavy atom. The molecule has 2 rings (SSSR count). The van der Waals surface area contributed by atoms with E-state index < -0.39 is 14.8 Å². The van der Waals surface area contributed by atoms with Gasteiger partial charge in [0.2, 0.25) is 0 Å². The number of rotatable bonds is 5. The number of unbranched alkanes of at least 4 members (excludes halogenated alkanes) is 1. The molecule has 0 aliphatic rings. The van der Waals surface area contributed by atoms with E-state index in [1.165, 1.54) is 17.2 Å². The van der Waals surface area contributed by atoms with Crippen molar-refractivity contribution in [2.24, 2.45) is 0 Å². The van der Waals surface area contributed by atoms with Gasteiger partial charge in [0, 0.05) is 0 Å². The topological polar surface area (TPSA) is 0 Å². The number of hydrogen-bond acceptors (Lipinski definition) is 0. The van der Waals surface area contributed by atoms with E-state index in [2.05, 4.69) is 86.1 Å². The van der Waals surface area contributed by atoms with Gasteiger partial charge in [-0.25, -0.2) is 0 Å². The van der Waals surface area contributed by atoms with E-state index in [0.29, 0.717) is 0 Å². The molecule has 0 aromatic heterocycles. The van der Waals surface area contributed by atoms with Crippen LogP contribution in [0.25, 0.3) is 0 Å². The summed E-state index contributed by atoms with van der Waals surface area (Å²) in [5, 5.41) is 0. The van der Waals surface area contributed by atoms with Gasteiger partial charge in [-0.15, -0.1) is 0 Å². The van der Waals surface area contributed by atoms with Crippen molar-refractivity contribution in [2.45, 2.75) is 24.1 Å². The van der Waals surface area contributed by atoms with Gasteiger partial charge in [-0.2, -0.15) is 0 Å². The van der Waals surface area contributed by atoms with Crippen LogP contribution in [0.4, 0.5) is 0 Å². The van der Waals surface area contributed by atoms with Gasteiger partial charge in [0.05, 0.1) is 0 Å². The molecule has 0 saturated heterocycles. The summed E-state index contributed by atoms with van der Waals surface area (Å²) < 4.78 is 4.61. The van der Waals surface area contributed by atoms with Crippen LogP contribution < -0.4 is 7.02 Å². The van der Waals surface area contributed by atoms with Crippen molar-refractivity contribution in [3.8, 4) is 0 Å². The van der Waals surface area contributed by atoms with Crippen LogP contribution in [0.2, 0.25) is 4.37 Å². The molecule has 0 nitrogen and oxygen atoms in total. The fraction of sp³-hybridized carbons (Fsp3) is 0.250. The molecule has 0 bridgehead atoms. The van der Waals surface area contributed by atoms with Crippen molar-refractivity contribution < 1.29 is 0 Å². The summed E-state index contributed by atoms with van der Waals surface area (Å²) in [4.78, 5) is 0. The zero-order chi connectivity index (χ0) is 12.8. The fourth-order valence-corrected chi connectivity index (χ4v) is 16.9. The van der Waals surface area contributed by atoms with E-state index in [1.54, 1.807) is 7.02 Å². The van der Waals surface area contributed by atoms with Crippen LogP contribution in [0.1, 0.15) is 19.8 Å². The number of halogens is 1. The second-order valence-electron chi connectivity index (χ2n) is 4.46. The van der Waals surface area contributed by atoms with Crippen molar-refractivity contribution in [1.82, 2.24) is 0 Å². The average molecular weight is 460 g/mol. The molecule has 0 saturated carbocycles. The molecule has 0 N–H and O–H groups in total. The molecule has 2 aromatic rings. The first-order valence-electron chi connectivity index (χ1n) is 6.46. The molecule has 2 aromatic carbocycles. The van der Waals surface area contributed by atoms with Crippen molar-refractivity contribution in [1.29, 1.82) is 0 Å². The predicted octanol–water partition coefficient (Wildman–Crippen LogP) is 3.98. The van der Waals surface area contributed by atoms with Crippen molar-refractivity contribution in [2.75, 3.05) is 0 Å². The molecule has 0 heterocycles. The third-order valence-corrected chi connectivity index (χ3v) is 22.9. The molecule has 0 atom stereocenters. The van der Waals surface area contributed by atoms with Crippen molar-refractivity contribution in [3.63, 3.8) is 0 Å². The number of hydrogen-bond donors (Lipinski definition) is 0. The standard InChI is InChI=1S/2C6H5.C4H9.HI.Sb/c2*1-2-4-6-5-3-1;1-3-4-2;;/h2*1-5H;1,3-4H2,2H3;1H;/q;;;;+1/p-1. The zero-order valence-corrected chi connectivity index (χ0v) is 15.4. The summed E-state index contributed by atoms with van der Waals surface area (Å²) in [6.07, 6.45) is 2.64. The Balaban J connectivity index is 2.41. The molecule has 95 valence electrons. The van der Waals surface area contributed by atoms with Gasteiger partial charge in [-0.05, 0) is 0 Å². The fourth-order valence-electron chi connectivity index (χ4n) is 2.11. The monoisotopic (exact) mass is 459 g/mol. The van der Waals surface area contributed by atoms with E-state index in [-0.39, 0.29) is 0 Å². The summed E-state index contributed by atoms with van der Waals surface area (Å²) >= 11 is 0.547.